The van der Waals surface area contributed by atoms with Crippen LogP contribution in [-0.4, -0.2) is 58.2 Å². The van der Waals surface area contributed by atoms with Crippen molar-refractivity contribution in [3.63, 3.8) is 0 Å². The smallest absolute Gasteiger partial charge is 0.286 e. The number of carbonyl (C=O) groups is 1. The molecule has 2 heterocycles. The molecule has 0 aromatic heterocycles. The monoisotopic (exact) mass is 377 g/mol. The predicted octanol–water partition coefficient (Wildman–Crippen LogP) is 3.23. The zero-order chi connectivity index (χ0) is 18.8. The van der Waals surface area contributed by atoms with E-state index in [2.05, 4.69) is 28.6 Å². The summed E-state index contributed by atoms with van der Waals surface area (Å²) in [5.41, 5.74) is 0.743. The molecule has 1 fully saturated rings. The molecule has 0 saturated carbocycles. The molecule has 140 valence electrons. The predicted molar refractivity (Wildman–Crippen MR) is 104 cm³/mol. The Morgan fingerprint density at radius 3 is 2.85 bits per heavy atom. The third-order valence-electron chi connectivity index (χ3n) is 4.95. The highest BCUT2D eigenvalue weighted by Gasteiger charge is 2.33. The van der Waals surface area contributed by atoms with E-state index in [1.165, 1.54) is 30.0 Å². The van der Waals surface area contributed by atoms with E-state index >= 15 is 0 Å². The standard InChI is InChI=1S/C19H24FN3O2S/c1-4-22(5-2)15-6-7-23(11-15)19-21-18(25)16(26-19)10-13-9-14(20)8-12(3)17(13)24/h8-10,15,24H,4-7,11H2,1-3H3/b16-10-. The van der Waals surface area contributed by atoms with Crippen LogP contribution in [0.1, 0.15) is 31.4 Å². The topological polar surface area (TPSA) is 56.1 Å². The van der Waals surface area contributed by atoms with Gasteiger partial charge in [-0.05, 0) is 62.0 Å². The van der Waals surface area contributed by atoms with Gasteiger partial charge in [0.05, 0.1) is 4.91 Å². The number of hydrogen-bond donors (Lipinski definition) is 1. The summed E-state index contributed by atoms with van der Waals surface area (Å²) in [5.74, 6) is -0.786. The molecule has 1 saturated heterocycles. The summed E-state index contributed by atoms with van der Waals surface area (Å²) in [6, 6.07) is 2.97. The highest BCUT2D eigenvalue weighted by Crippen LogP contribution is 2.34. The van der Waals surface area contributed by atoms with Crippen LogP contribution in [0.15, 0.2) is 22.0 Å². The molecule has 1 unspecified atom stereocenters. The average molecular weight is 377 g/mol. The van der Waals surface area contributed by atoms with Crippen LogP contribution in [0.5, 0.6) is 5.75 Å². The first kappa shape index (κ1) is 18.9. The van der Waals surface area contributed by atoms with Gasteiger partial charge in [0.15, 0.2) is 5.17 Å². The molecular formula is C19H24FN3O2S. The Bertz CT molecular complexity index is 774. The summed E-state index contributed by atoms with van der Waals surface area (Å²) in [7, 11) is 0. The van der Waals surface area contributed by atoms with Crippen molar-refractivity contribution in [3.8, 4) is 5.75 Å². The first-order valence-corrected chi connectivity index (χ1v) is 9.75. The molecule has 0 bridgehead atoms. The van der Waals surface area contributed by atoms with Crippen molar-refractivity contribution >= 4 is 28.9 Å². The minimum Gasteiger partial charge on any atom is -0.507 e. The number of aryl methyl sites for hydroxylation is 1. The zero-order valence-corrected chi connectivity index (χ0v) is 16.1. The van der Waals surface area contributed by atoms with Crippen molar-refractivity contribution in [3.05, 3.63) is 34.0 Å². The largest absolute Gasteiger partial charge is 0.507 e. The SMILES string of the molecule is CCN(CC)C1CCN(C2=NC(=O)/C(=C/c3cc(F)cc(C)c3O)S2)C1. The molecule has 0 spiro atoms. The van der Waals surface area contributed by atoms with Gasteiger partial charge in [0.25, 0.3) is 5.91 Å². The fourth-order valence-corrected chi connectivity index (χ4v) is 4.44. The third-order valence-corrected chi connectivity index (χ3v) is 6.00. The van der Waals surface area contributed by atoms with E-state index in [1.54, 1.807) is 6.92 Å². The van der Waals surface area contributed by atoms with Crippen LogP contribution < -0.4 is 0 Å². The number of rotatable bonds is 4. The number of amidine groups is 1. The van der Waals surface area contributed by atoms with Crippen molar-refractivity contribution in [1.29, 1.82) is 0 Å². The van der Waals surface area contributed by atoms with Crippen molar-refractivity contribution in [2.24, 2.45) is 4.99 Å². The van der Waals surface area contributed by atoms with Crippen LogP contribution in [-0.2, 0) is 4.79 Å². The first-order valence-electron chi connectivity index (χ1n) is 8.93. The van der Waals surface area contributed by atoms with E-state index in [4.69, 9.17) is 0 Å². The number of likely N-dealkylation sites (N-methyl/N-ethyl adjacent to an activating group) is 1. The average Bonchev–Trinajstić information content (AvgIpc) is 3.21. The Labute approximate surface area is 157 Å². The van der Waals surface area contributed by atoms with E-state index in [0.717, 1.165) is 32.6 Å². The molecule has 5 nitrogen and oxygen atoms in total. The molecular weight excluding hydrogens is 353 g/mol. The molecule has 0 aliphatic carbocycles. The number of likely N-dealkylation sites (tertiary alicyclic amines) is 1. The minimum absolute atomic E-state index is 0.0106. The number of hydrogen-bond acceptors (Lipinski definition) is 5. The Morgan fingerprint density at radius 1 is 1.42 bits per heavy atom. The normalized spacial score (nSPS) is 22.0. The van der Waals surface area contributed by atoms with Gasteiger partial charge in [-0.2, -0.15) is 4.99 Å². The lowest BCUT2D eigenvalue weighted by Crippen LogP contribution is -2.38. The lowest BCUT2D eigenvalue weighted by Gasteiger charge is -2.26. The van der Waals surface area contributed by atoms with Crippen LogP contribution in [0.4, 0.5) is 4.39 Å². The van der Waals surface area contributed by atoms with E-state index < -0.39 is 5.82 Å². The van der Waals surface area contributed by atoms with Crippen molar-refractivity contribution < 1.29 is 14.3 Å². The Balaban J connectivity index is 1.74. The van der Waals surface area contributed by atoms with Crippen molar-refractivity contribution in [1.82, 2.24) is 9.80 Å². The molecule has 7 heteroatoms. The minimum atomic E-state index is -0.439. The summed E-state index contributed by atoms with van der Waals surface area (Å²) < 4.78 is 13.6. The summed E-state index contributed by atoms with van der Waals surface area (Å²) in [5, 5.41) is 10.8. The fourth-order valence-electron chi connectivity index (χ4n) is 3.50. The van der Waals surface area contributed by atoms with Crippen LogP contribution in [0, 0.1) is 12.7 Å². The summed E-state index contributed by atoms with van der Waals surface area (Å²) in [6.07, 6.45) is 2.57. The number of benzene rings is 1. The lowest BCUT2D eigenvalue weighted by atomic mass is 10.1. The highest BCUT2D eigenvalue weighted by molar-refractivity contribution is 8.18. The Hall–Kier alpha value is -1.86. The Morgan fingerprint density at radius 2 is 2.15 bits per heavy atom. The number of aliphatic imine (C=N–C) groups is 1. The van der Waals surface area contributed by atoms with E-state index in [1.807, 2.05) is 0 Å². The highest BCUT2D eigenvalue weighted by atomic mass is 32.2. The summed E-state index contributed by atoms with van der Waals surface area (Å²) in [6.45, 7) is 9.70. The van der Waals surface area contributed by atoms with E-state index in [9.17, 15) is 14.3 Å². The molecule has 26 heavy (non-hydrogen) atoms. The molecule has 1 amide bonds. The Kier molecular flexibility index (Phi) is 5.67. The van der Waals surface area contributed by atoms with Gasteiger partial charge in [-0.25, -0.2) is 4.39 Å². The van der Waals surface area contributed by atoms with Gasteiger partial charge >= 0.3 is 0 Å². The third kappa shape index (κ3) is 3.78. The van der Waals surface area contributed by atoms with Crippen LogP contribution >= 0.6 is 11.8 Å². The van der Waals surface area contributed by atoms with Crippen LogP contribution in [0.2, 0.25) is 0 Å². The van der Waals surface area contributed by atoms with E-state index in [0.29, 0.717) is 27.2 Å². The number of phenolic OH excluding ortho intramolecular Hbond substituents is 1. The molecule has 0 radical (unpaired) electrons. The van der Waals surface area contributed by atoms with Gasteiger partial charge in [-0.1, -0.05) is 13.8 Å². The maximum atomic E-state index is 13.6. The molecule has 1 aromatic rings. The van der Waals surface area contributed by atoms with Crippen LogP contribution in [0.3, 0.4) is 0 Å². The number of phenols is 1. The molecule has 1 aromatic carbocycles. The van der Waals surface area contributed by atoms with Crippen molar-refractivity contribution in [2.45, 2.75) is 33.2 Å². The number of thioether (sulfide) groups is 1. The van der Waals surface area contributed by atoms with Gasteiger partial charge in [-0.3, -0.25) is 9.69 Å². The van der Waals surface area contributed by atoms with Gasteiger partial charge in [0.1, 0.15) is 11.6 Å². The van der Waals surface area contributed by atoms with E-state index in [-0.39, 0.29) is 11.7 Å². The van der Waals surface area contributed by atoms with Gasteiger partial charge in [-0.15, -0.1) is 0 Å². The molecule has 2 aliphatic heterocycles. The maximum Gasteiger partial charge on any atom is 0.286 e. The number of amides is 1. The van der Waals surface area contributed by atoms with Gasteiger partial charge < -0.3 is 10.0 Å². The molecule has 1 N–H and O–H groups in total. The lowest BCUT2D eigenvalue weighted by molar-refractivity contribution is -0.113. The first-order chi connectivity index (χ1) is 12.4. The van der Waals surface area contributed by atoms with Gasteiger partial charge in [0, 0.05) is 24.7 Å². The molecule has 2 aliphatic rings. The molecule has 1 atom stereocenters. The summed E-state index contributed by atoms with van der Waals surface area (Å²) >= 11 is 1.30. The second-order valence-electron chi connectivity index (χ2n) is 6.58. The second-order valence-corrected chi connectivity index (χ2v) is 7.59. The van der Waals surface area contributed by atoms with Gasteiger partial charge in [0.2, 0.25) is 0 Å². The number of aromatic hydroxyl groups is 1. The quantitative estimate of drug-likeness (QED) is 0.817. The maximum absolute atomic E-state index is 13.6. The summed E-state index contributed by atoms with van der Waals surface area (Å²) in [4.78, 5) is 21.4. The zero-order valence-electron chi connectivity index (χ0n) is 15.3. The fraction of sp³-hybridized carbons (Fsp3) is 0.474. The second kappa shape index (κ2) is 7.80. The van der Waals surface area contributed by atoms with Crippen molar-refractivity contribution in [2.75, 3.05) is 26.2 Å². The number of carbonyl (C=O) groups excluding carboxylic acids is 1. The number of halogens is 1. The molecule has 3 rings (SSSR count). The van der Waals surface area contributed by atoms with Crippen LogP contribution in [0.25, 0.3) is 6.08 Å². The number of nitrogens with zero attached hydrogens (tertiary/aromatic N) is 3.